The summed E-state index contributed by atoms with van der Waals surface area (Å²) in [5.41, 5.74) is 2.87. The van der Waals surface area contributed by atoms with Crippen molar-refractivity contribution in [2.24, 2.45) is 0 Å². The van der Waals surface area contributed by atoms with Crippen molar-refractivity contribution in [3.05, 3.63) is 60.8 Å². The van der Waals surface area contributed by atoms with E-state index < -0.39 is 0 Å². The molecular formula is C15H11LiNO. The van der Waals surface area contributed by atoms with Crippen LogP contribution in [0.3, 0.4) is 0 Å². The number of phenols is 1. The summed E-state index contributed by atoms with van der Waals surface area (Å²) in [4.78, 5) is 4.22. The zero-order valence-electron chi connectivity index (χ0n) is 10.2. The number of nitrogens with zero attached hydrogens (tertiary/aromatic N) is 1. The topological polar surface area (TPSA) is 33.1 Å². The van der Waals surface area contributed by atoms with E-state index in [-0.39, 0.29) is 24.6 Å². The van der Waals surface area contributed by atoms with Crippen molar-refractivity contribution in [2.75, 3.05) is 0 Å². The molecule has 1 N–H and O–H groups in total. The smallest absolute Gasteiger partial charge is 0.141 e. The second-order valence-electron chi connectivity index (χ2n) is 3.90. The van der Waals surface area contributed by atoms with Gasteiger partial charge in [0, 0.05) is 30.4 Å². The van der Waals surface area contributed by atoms with Crippen molar-refractivity contribution in [2.45, 2.75) is 0 Å². The van der Waals surface area contributed by atoms with E-state index >= 15 is 0 Å². The van der Waals surface area contributed by atoms with Gasteiger partial charge in [-0.1, -0.05) is 42.5 Å². The number of benzene rings is 2. The minimum absolute atomic E-state index is 0. The quantitative estimate of drug-likeness (QED) is 0.648. The Kier molecular flexibility index (Phi) is 3.71. The Hall–Kier alpha value is -1.75. The van der Waals surface area contributed by atoms with E-state index in [1.54, 1.807) is 12.3 Å². The Labute approximate surface area is 117 Å². The van der Waals surface area contributed by atoms with Crippen LogP contribution in [-0.4, -0.2) is 29.0 Å². The summed E-state index contributed by atoms with van der Waals surface area (Å²) in [6, 6.07) is 17.5. The minimum atomic E-state index is 0. The molecule has 0 aliphatic carbocycles. The monoisotopic (exact) mass is 228 g/mol. The molecule has 18 heavy (non-hydrogen) atoms. The van der Waals surface area contributed by atoms with E-state index in [9.17, 15) is 5.11 Å². The van der Waals surface area contributed by atoms with Gasteiger partial charge in [-0.05, 0) is 23.3 Å². The molecule has 2 nitrogen and oxygen atoms in total. The fraction of sp³-hybridized carbons (Fsp3) is 0. The van der Waals surface area contributed by atoms with E-state index in [0.29, 0.717) is 5.52 Å². The van der Waals surface area contributed by atoms with Crippen LogP contribution in [0.1, 0.15) is 0 Å². The van der Waals surface area contributed by atoms with Crippen LogP contribution in [-0.2, 0) is 0 Å². The van der Waals surface area contributed by atoms with Gasteiger partial charge < -0.3 is 5.11 Å². The van der Waals surface area contributed by atoms with Crippen molar-refractivity contribution in [1.82, 2.24) is 4.98 Å². The Morgan fingerprint density at radius 3 is 2.39 bits per heavy atom. The normalized spacial score (nSPS) is 10.0. The standard InChI is InChI=1S/C15H11NO.Li/c17-14-8-4-7-13-12(9-10-16-15(13)14)11-5-2-1-3-6-11;/h1-10,17H;. The molecule has 0 saturated heterocycles. The number of aromatic nitrogens is 1. The number of hydrogen-bond donors (Lipinski definition) is 1. The summed E-state index contributed by atoms with van der Waals surface area (Å²) in [5, 5.41) is 10.8. The van der Waals surface area contributed by atoms with Crippen LogP contribution in [0, 0.1) is 0 Å². The third-order valence-electron chi connectivity index (χ3n) is 2.83. The summed E-state index contributed by atoms with van der Waals surface area (Å²) in [6.45, 7) is 0. The van der Waals surface area contributed by atoms with Gasteiger partial charge in [-0.25, -0.2) is 0 Å². The van der Waals surface area contributed by atoms with E-state index in [0.717, 1.165) is 16.5 Å². The SMILES string of the molecule is Oc1cccc2c(-c3ccccc3)ccnc12.[Li]. The first kappa shape index (κ1) is 12.7. The molecule has 2 aromatic carbocycles. The van der Waals surface area contributed by atoms with Crippen LogP contribution in [0.15, 0.2) is 60.8 Å². The van der Waals surface area contributed by atoms with E-state index in [4.69, 9.17) is 0 Å². The second-order valence-corrected chi connectivity index (χ2v) is 3.90. The number of aromatic hydroxyl groups is 1. The van der Waals surface area contributed by atoms with Crippen molar-refractivity contribution >= 4 is 29.8 Å². The van der Waals surface area contributed by atoms with Gasteiger partial charge in [-0.3, -0.25) is 4.98 Å². The van der Waals surface area contributed by atoms with Crippen LogP contribution in [0.4, 0.5) is 0 Å². The molecule has 1 aromatic heterocycles. The van der Waals surface area contributed by atoms with Crippen LogP contribution in [0.5, 0.6) is 5.75 Å². The predicted octanol–water partition coefficient (Wildman–Crippen LogP) is 3.23. The molecule has 83 valence electrons. The fourth-order valence-electron chi connectivity index (χ4n) is 2.03. The Morgan fingerprint density at radius 1 is 0.833 bits per heavy atom. The van der Waals surface area contributed by atoms with E-state index in [2.05, 4.69) is 17.1 Å². The first-order valence-electron chi connectivity index (χ1n) is 5.48. The molecular weight excluding hydrogens is 217 g/mol. The van der Waals surface area contributed by atoms with Crippen molar-refractivity contribution < 1.29 is 5.11 Å². The van der Waals surface area contributed by atoms with E-state index in [1.807, 2.05) is 36.4 Å². The summed E-state index contributed by atoms with van der Waals surface area (Å²) < 4.78 is 0. The predicted molar refractivity (Wildman–Crippen MR) is 74.6 cm³/mol. The Balaban J connectivity index is 0.00000120. The average molecular weight is 228 g/mol. The molecule has 0 aliphatic rings. The molecule has 3 rings (SSSR count). The third kappa shape index (κ3) is 2.13. The molecule has 3 aromatic rings. The van der Waals surface area contributed by atoms with Gasteiger partial charge in [-0.15, -0.1) is 0 Å². The van der Waals surface area contributed by atoms with Gasteiger partial charge in [0.2, 0.25) is 0 Å². The molecule has 0 amide bonds. The average Bonchev–Trinajstić information content (AvgIpc) is 2.40. The number of rotatable bonds is 1. The van der Waals surface area contributed by atoms with Crippen molar-refractivity contribution in [1.29, 1.82) is 0 Å². The summed E-state index contributed by atoms with van der Waals surface area (Å²) in [6.07, 6.45) is 1.73. The maximum Gasteiger partial charge on any atom is 0.141 e. The summed E-state index contributed by atoms with van der Waals surface area (Å²) in [7, 11) is 0. The first-order chi connectivity index (χ1) is 8.36. The number of pyridine rings is 1. The molecule has 0 spiro atoms. The third-order valence-corrected chi connectivity index (χ3v) is 2.83. The largest absolute Gasteiger partial charge is 0.506 e. The minimum Gasteiger partial charge on any atom is -0.506 e. The van der Waals surface area contributed by atoms with Crippen LogP contribution < -0.4 is 0 Å². The summed E-state index contributed by atoms with van der Waals surface area (Å²) in [5.74, 6) is 0.222. The molecule has 1 heterocycles. The summed E-state index contributed by atoms with van der Waals surface area (Å²) >= 11 is 0. The zero-order chi connectivity index (χ0) is 11.7. The van der Waals surface area contributed by atoms with Gasteiger partial charge in [0.15, 0.2) is 0 Å². The molecule has 0 fully saturated rings. The fourth-order valence-corrected chi connectivity index (χ4v) is 2.03. The van der Waals surface area contributed by atoms with Gasteiger partial charge in [0.25, 0.3) is 0 Å². The van der Waals surface area contributed by atoms with Crippen molar-refractivity contribution in [3.8, 4) is 16.9 Å². The molecule has 3 heteroatoms. The second kappa shape index (κ2) is 5.26. The van der Waals surface area contributed by atoms with Crippen LogP contribution >= 0.6 is 0 Å². The number of para-hydroxylation sites is 1. The van der Waals surface area contributed by atoms with Gasteiger partial charge >= 0.3 is 0 Å². The Bertz CT molecular complexity index is 668. The first-order valence-corrected chi connectivity index (χ1v) is 5.48. The number of fused-ring (bicyclic) bond motifs is 1. The van der Waals surface area contributed by atoms with Gasteiger partial charge in [0.1, 0.15) is 11.3 Å². The molecule has 0 saturated carbocycles. The zero-order valence-corrected chi connectivity index (χ0v) is 10.2. The molecule has 0 unspecified atom stereocenters. The maximum atomic E-state index is 9.78. The van der Waals surface area contributed by atoms with Gasteiger partial charge in [-0.2, -0.15) is 0 Å². The van der Waals surface area contributed by atoms with Crippen molar-refractivity contribution in [3.63, 3.8) is 0 Å². The number of phenolic OH excluding ortho intramolecular Hbond substituents is 1. The van der Waals surface area contributed by atoms with Crippen LogP contribution in [0.25, 0.3) is 22.0 Å². The molecule has 0 aliphatic heterocycles. The molecule has 0 bridgehead atoms. The Morgan fingerprint density at radius 2 is 1.61 bits per heavy atom. The molecule has 1 radical (unpaired) electrons. The van der Waals surface area contributed by atoms with Gasteiger partial charge in [0.05, 0.1) is 0 Å². The van der Waals surface area contributed by atoms with Crippen LogP contribution in [0.2, 0.25) is 0 Å². The van der Waals surface area contributed by atoms with E-state index in [1.165, 1.54) is 0 Å². The molecule has 0 atom stereocenters. The number of hydrogen-bond acceptors (Lipinski definition) is 2. The maximum absolute atomic E-state index is 9.78.